The summed E-state index contributed by atoms with van der Waals surface area (Å²) < 4.78 is 6.08. The Morgan fingerprint density at radius 2 is 2.11 bits per heavy atom. The molecule has 0 radical (unpaired) electrons. The highest BCUT2D eigenvalue weighted by atomic mass is 79.9. The van der Waals surface area contributed by atoms with Gasteiger partial charge >= 0.3 is 0 Å². The topological polar surface area (TPSA) is 73.1 Å². The van der Waals surface area contributed by atoms with Crippen LogP contribution in [-0.2, 0) is 0 Å². The molecule has 0 spiro atoms. The predicted molar refractivity (Wildman–Crippen MR) is 79.3 cm³/mol. The number of methoxy groups -OCH3 is 1. The molecule has 0 aliphatic rings. The van der Waals surface area contributed by atoms with Gasteiger partial charge in [0.2, 0.25) is 0 Å². The summed E-state index contributed by atoms with van der Waals surface area (Å²) in [5.41, 5.74) is 7.20. The van der Waals surface area contributed by atoms with E-state index < -0.39 is 0 Å². The molecule has 0 aliphatic carbocycles. The molecule has 2 rings (SSSR count). The molecular formula is C13H15BrN4O. The molecule has 0 aliphatic heterocycles. The number of nitrogens with two attached hydrogens (primary N) is 1. The van der Waals surface area contributed by atoms with Crippen LogP contribution in [0.2, 0.25) is 0 Å². The maximum Gasteiger partial charge on any atom is 0.148 e. The van der Waals surface area contributed by atoms with Gasteiger partial charge in [-0.2, -0.15) is 0 Å². The van der Waals surface area contributed by atoms with E-state index in [1.54, 1.807) is 7.11 Å². The number of aromatic nitrogens is 2. The molecule has 0 unspecified atom stereocenters. The lowest BCUT2D eigenvalue weighted by molar-refractivity contribution is 0.412. The molecule has 5 nitrogen and oxygen atoms in total. The van der Waals surface area contributed by atoms with Crippen LogP contribution in [-0.4, -0.2) is 30.4 Å². The second-order valence-corrected chi connectivity index (χ2v) is 4.72. The Hall–Kier alpha value is -1.66. The van der Waals surface area contributed by atoms with Crippen LogP contribution >= 0.6 is 15.9 Å². The fraction of sp³-hybridized carbons (Fsp3) is 0.231. The number of halogens is 1. The molecule has 0 fully saturated rings. The SMILES string of the molecule is COc1ccc(-c2ccc(NCCN)nn2)cc1Br. The van der Waals surface area contributed by atoms with Gasteiger partial charge in [0.15, 0.2) is 0 Å². The van der Waals surface area contributed by atoms with Crippen molar-refractivity contribution in [1.29, 1.82) is 0 Å². The van der Waals surface area contributed by atoms with Crippen LogP contribution in [0.3, 0.4) is 0 Å². The minimum atomic E-state index is 0.564. The van der Waals surface area contributed by atoms with Gasteiger partial charge in [0.25, 0.3) is 0 Å². The molecule has 0 saturated heterocycles. The third-order valence-electron chi connectivity index (χ3n) is 2.56. The zero-order valence-corrected chi connectivity index (χ0v) is 12.1. The Balaban J connectivity index is 2.19. The van der Waals surface area contributed by atoms with Crippen LogP contribution in [0, 0.1) is 0 Å². The van der Waals surface area contributed by atoms with E-state index in [0.717, 1.165) is 27.3 Å². The average molecular weight is 323 g/mol. The molecule has 2 aromatic rings. The highest BCUT2D eigenvalue weighted by Gasteiger charge is 2.05. The van der Waals surface area contributed by atoms with Crippen molar-refractivity contribution in [1.82, 2.24) is 10.2 Å². The number of benzene rings is 1. The molecule has 6 heteroatoms. The highest BCUT2D eigenvalue weighted by molar-refractivity contribution is 9.10. The first-order chi connectivity index (χ1) is 9.24. The second-order valence-electron chi connectivity index (χ2n) is 3.87. The van der Waals surface area contributed by atoms with Gasteiger partial charge in [0, 0.05) is 18.7 Å². The predicted octanol–water partition coefficient (Wildman–Crippen LogP) is 2.29. The minimum Gasteiger partial charge on any atom is -0.496 e. The van der Waals surface area contributed by atoms with Crippen LogP contribution < -0.4 is 15.8 Å². The second kappa shape index (κ2) is 6.49. The first-order valence-electron chi connectivity index (χ1n) is 5.86. The zero-order chi connectivity index (χ0) is 13.7. The smallest absolute Gasteiger partial charge is 0.148 e. The van der Waals surface area contributed by atoms with Gasteiger partial charge < -0.3 is 15.8 Å². The molecule has 1 aromatic carbocycles. The Morgan fingerprint density at radius 3 is 2.68 bits per heavy atom. The third-order valence-corrected chi connectivity index (χ3v) is 3.18. The average Bonchev–Trinajstić information content (AvgIpc) is 2.45. The van der Waals surface area contributed by atoms with Crippen molar-refractivity contribution >= 4 is 21.7 Å². The lowest BCUT2D eigenvalue weighted by atomic mass is 10.1. The number of hydrogen-bond acceptors (Lipinski definition) is 5. The van der Waals surface area contributed by atoms with Crippen molar-refractivity contribution in [2.75, 3.05) is 25.5 Å². The van der Waals surface area contributed by atoms with E-state index in [0.29, 0.717) is 13.1 Å². The lowest BCUT2D eigenvalue weighted by Crippen LogP contribution is -2.14. The molecule has 1 heterocycles. The van der Waals surface area contributed by atoms with Crippen LogP contribution in [0.5, 0.6) is 5.75 Å². The van der Waals surface area contributed by atoms with E-state index in [1.807, 2.05) is 30.3 Å². The number of nitrogens with one attached hydrogen (secondary N) is 1. The van der Waals surface area contributed by atoms with E-state index in [9.17, 15) is 0 Å². The first-order valence-corrected chi connectivity index (χ1v) is 6.65. The summed E-state index contributed by atoms with van der Waals surface area (Å²) in [6, 6.07) is 9.59. The first kappa shape index (κ1) is 13.8. The van der Waals surface area contributed by atoms with Crippen LogP contribution in [0.15, 0.2) is 34.8 Å². The molecule has 3 N–H and O–H groups in total. The van der Waals surface area contributed by atoms with E-state index in [4.69, 9.17) is 10.5 Å². The summed E-state index contributed by atoms with van der Waals surface area (Å²) in [6.45, 7) is 1.25. The summed E-state index contributed by atoms with van der Waals surface area (Å²) in [5.74, 6) is 1.51. The number of ether oxygens (including phenoxy) is 1. The molecular weight excluding hydrogens is 308 g/mol. The summed E-state index contributed by atoms with van der Waals surface area (Å²) in [5, 5.41) is 11.4. The van der Waals surface area contributed by atoms with E-state index in [-0.39, 0.29) is 0 Å². The van der Waals surface area contributed by atoms with Gasteiger partial charge in [-0.3, -0.25) is 0 Å². The number of anilines is 1. The standard InChI is InChI=1S/C13H15BrN4O/c1-19-12-4-2-9(8-10(12)14)11-3-5-13(18-17-11)16-7-6-15/h2-5,8H,6-7,15H2,1H3,(H,16,18). The molecule has 0 atom stereocenters. The Morgan fingerprint density at radius 1 is 1.26 bits per heavy atom. The van der Waals surface area contributed by atoms with Gasteiger partial charge in [0.05, 0.1) is 17.3 Å². The van der Waals surface area contributed by atoms with Crippen molar-refractivity contribution in [3.63, 3.8) is 0 Å². The number of rotatable bonds is 5. The molecule has 0 bridgehead atoms. The zero-order valence-electron chi connectivity index (χ0n) is 10.6. The maximum absolute atomic E-state index is 5.41. The van der Waals surface area contributed by atoms with Gasteiger partial charge in [-0.25, -0.2) is 0 Å². The molecule has 100 valence electrons. The van der Waals surface area contributed by atoms with Crippen molar-refractivity contribution in [2.24, 2.45) is 5.73 Å². The maximum atomic E-state index is 5.41. The Bertz CT molecular complexity index is 545. The van der Waals surface area contributed by atoms with E-state index in [2.05, 4.69) is 31.4 Å². The van der Waals surface area contributed by atoms with Gasteiger partial charge in [-0.1, -0.05) is 0 Å². The normalized spacial score (nSPS) is 10.3. The highest BCUT2D eigenvalue weighted by Crippen LogP contribution is 2.29. The molecule has 19 heavy (non-hydrogen) atoms. The van der Waals surface area contributed by atoms with Gasteiger partial charge in [-0.15, -0.1) is 10.2 Å². The number of hydrogen-bond donors (Lipinski definition) is 2. The Labute approximate surface area is 120 Å². The van der Waals surface area contributed by atoms with Crippen molar-refractivity contribution in [2.45, 2.75) is 0 Å². The van der Waals surface area contributed by atoms with Crippen LogP contribution in [0.1, 0.15) is 0 Å². The largest absolute Gasteiger partial charge is 0.496 e. The minimum absolute atomic E-state index is 0.564. The number of nitrogens with zero attached hydrogens (tertiary/aromatic N) is 2. The van der Waals surface area contributed by atoms with Crippen LogP contribution in [0.4, 0.5) is 5.82 Å². The third kappa shape index (κ3) is 3.42. The van der Waals surface area contributed by atoms with Gasteiger partial charge in [-0.05, 0) is 46.3 Å². The van der Waals surface area contributed by atoms with Crippen molar-refractivity contribution < 1.29 is 4.74 Å². The quantitative estimate of drug-likeness (QED) is 0.883. The molecule has 1 aromatic heterocycles. The van der Waals surface area contributed by atoms with E-state index >= 15 is 0 Å². The summed E-state index contributed by atoms with van der Waals surface area (Å²) in [7, 11) is 1.64. The fourth-order valence-corrected chi connectivity index (χ4v) is 2.15. The lowest BCUT2D eigenvalue weighted by Gasteiger charge is -2.07. The fourth-order valence-electron chi connectivity index (χ4n) is 1.61. The van der Waals surface area contributed by atoms with Crippen molar-refractivity contribution in [3.05, 3.63) is 34.8 Å². The summed E-state index contributed by atoms with van der Waals surface area (Å²) in [4.78, 5) is 0. The molecule has 0 amide bonds. The van der Waals surface area contributed by atoms with Crippen LogP contribution in [0.25, 0.3) is 11.3 Å². The van der Waals surface area contributed by atoms with Crippen molar-refractivity contribution in [3.8, 4) is 17.0 Å². The Kier molecular flexibility index (Phi) is 4.70. The summed E-state index contributed by atoms with van der Waals surface area (Å²) >= 11 is 3.45. The van der Waals surface area contributed by atoms with Gasteiger partial charge in [0.1, 0.15) is 11.6 Å². The summed E-state index contributed by atoms with van der Waals surface area (Å²) in [6.07, 6.45) is 0. The monoisotopic (exact) mass is 322 g/mol. The van der Waals surface area contributed by atoms with E-state index in [1.165, 1.54) is 0 Å². The molecule has 0 saturated carbocycles.